The maximum atomic E-state index is 12.7. The number of fused-ring (bicyclic) bond motifs is 1. The Balaban J connectivity index is 1.17. The molecule has 5 rings (SSSR count). The molecule has 1 aromatic carbocycles. The van der Waals surface area contributed by atoms with Gasteiger partial charge in [-0.05, 0) is 49.8 Å². The number of amides is 1. The molecule has 2 aromatic rings. The Hall–Kier alpha value is -2.18. The number of hydrogen-bond acceptors (Lipinski definition) is 4. The largest absolute Gasteiger partial charge is 0.342 e. The Morgan fingerprint density at radius 2 is 1.52 bits per heavy atom. The van der Waals surface area contributed by atoms with Crippen LogP contribution in [0.25, 0.3) is 5.69 Å². The van der Waals surface area contributed by atoms with Crippen LogP contribution in [0.5, 0.6) is 0 Å². The lowest BCUT2D eigenvalue weighted by Crippen LogP contribution is -2.50. The summed E-state index contributed by atoms with van der Waals surface area (Å²) >= 11 is 0. The highest BCUT2D eigenvalue weighted by Crippen LogP contribution is 2.28. The van der Waals surface area contributed by atoms with Gasteiger partial charge in [-0.3, -0.25) is 14.6 Å². The Kier molecular flexibility index (Phi) is 6.37. The molecule has 1 aliphatic carbocycles. The Labute approximate surface area is 185 Å². The van der Waals surface area contributed by atoms with Gasteiger partial charge in [0.05, 0.1) is 17.9 Å². The van der Waals surface area contributed by atoms with Gasteiger partial charge in [0, 0.05) is 51.5 Å². The van der Waals surface area contributed by atoms with Gasteiger partial charge >= 0.3 is 0 Å². The van der Waals surface area contributed by atoms with E-state index in [2.05, 4.69) is 49.7 Å². The molecular formula is C25H35N5O. The molecule has 0 unspecified atom stereocenters. The number of hydrogen-bond donors (Lipinski definition) is 0. The van der Waals surface area contributed by atoms with E-state index in [4.69, 9.17) is 5.10 Å². The van der Waals surface area contributed by atoms with Crippen molar-refractivity contribution in [2.45, 2.75) is 51.5 Å². The molecule has 6 heteroatoms. The molecule has 31 heavy (non-hydrogen) atoms. The van der Waals surface area contributed by atoms with E-state index in [1.165, 1.54) is 54.7 Å². The summed E-state index contributed by atoms with van der Waals surface area (Å²) in [4.78, 5) is 19.7. The van der Waals surface area contributed by atoms with Gasteiger partial charge in [0.1, 0.15) is 0 Å². The van der Waals surface area contributed by atoms with E-state index < -0.39 is 0 Å². The number of piperazine rings is 1. The second-order valence-corrected chi connectivity index (χ2v) is 9.32. The number of aromatic nitrogens is 2. The first kappa shape index (κ1) is 20.7. The highest BCUT2D eigenvalue weighted by Gasteiger charge is 2.27. The van der Waals surface area contributed by atoms with Crippen LogP contribution in [0.4, 0.5) is 0 Å². The van der Waals surface area contributed by atoms with Gasteiger partial charge in [0.25, 0.3) is 0 Å². The van der Waals surface area contributed by atoms with Gasteiger partial charge in [-0.15, -0.1) is 0 Å². The first-order valence-electron chi connectivity index (χ1n) is 12.2. The zero-order valence-electron chi connectivity index (χ0n) is 18.6. The Bertz CT molecular complexity index is 877. The van der Waals surface area contributed by atoms with Crippen LogP contribution in [-0.4, -0.2) is 76.2 Å². The van der Waals surface area contributed by atoms with E-state index in [-0.39, 0.29) is 0 Å². The summed E-state index contributed by atoms with van der Waals surface area (Å²) in [7, 11) is 0. The average molecular weight is 422 g/mol. The van der Waals surface area contributed by atoms with Crippen molar-refractivity contribution in [3.05, 3.63) is 47.3 Å². The number of benzene rings is 1. The van der Waals surface area contributed by atoms with E-state index in [1.54, 1.807) is 0 Å². The number of nitrogens with zero attached hydrogens (tertiary/aromatic N) is 5. The van der Waals surface area contributed by atoms with Crippen LogP contribution >= 0.6 is 0 Å². The summed E-state index contributed by atoms with van der Waals surface area (Å²) in [6, 6.07) is 10.5. The predicted octanol–water partition coefficient (Wildman–Crippen LogP) is 2.88. The number of carbonyl (C=O) groups excluding carboxylic acids is 1. The van der Waals surface area contributed by atoms with Crippen molar-refractivity contribution in [1.29, 1.82) is 0 Å². The minimum Gasteiger partial charge on any atom is -0.342 e. The topological polar surface area (TPSA) is 44.6 Å². The van der Waals surface area contributed by atoms with E-state index in [1.807, 2.05) is 0 Å². The highest BCUT2D eigenvalue weighted by molar-refractivity contribution is 5.78. The molecule has 0 bridgehead atoms. The summed E-state index contributed by atoms with van der Waals surface area (Å²) in [6.45, 7) is 7.40. The maximum Gasteiger partial charge on any atom is 0.236 e. The normalized spacial score (nSPS) is 20.6. The molecule has 1 amide bonds. The van der Waals surface area contributed by atoms with Crippen LogP contribution in [0.3, 0.4) is 0 Å². The van der Waals surface area contributed by atoms with Gasteiger partial charge in [0.2, 0.25) is 5.91 Å². The van der Waals surface area contributed by atoms with E-state index in [0.29, 0.717) is 12.5 Å². The van der Waals surface area contributed by atoms with Gasteiger partial charge in [0.15, 0.2) is 0 Å². The molecule has 2 fully saturated rings. The molecule has 3 heterocycles. The molecule has 6 nitrogen and oxygen atoms in total. The zero-order valence-corrected chi connectivity index (χ0v) is 18.6. The standard InChI is InChI=1S/C25H35N5O/c31-25(29-13-6-1-2-7-14-29)20-28-17-15-27(16-18-28)19-23-22-11-8-12-24(22)30(26-23)21-9-4-3-5-10-21/h3-5,9-10H,1-2,6-8,11-20H2. The second kappa shape index (κ2) is 9.53. The number of rotatable bonds is 5. The summed E-state index contributed by atoms with van der Waals surface area (Å²) in [5.74, 6) is 0.328. The number of likely N-dealkylation sites (tertiary alicyclic amines) is 1. The fourth-order valence-electron chi connectivity index (χ4n) is 5.35. The lowest BCUT2D eigenvalue weighted by molar-refractivity contribution is -0.132. The average Bonchev–Trinajstić information content (AvgIpc) is 3.29. The first-order valence-corrected chi connectivity index (χ1v) is 12.2. The molecule has 3 aliphatic rings. The Morgan fingerprint density at radius 3 is 2.26 bits per heavy atom. The molecule has 0 atom stereocenters. The Morgan fingerprint density at radius 1 is 0.806 bits per heavy atom. The van der Waals surface area contributed by atoms with Crippen molar-refractivity contribution in [2.24, 2.45) is 0 Å². The smallest absolute Gasteiger partial charge is 0.236 e. The monoisotopic (exact) mass is 421 g/mol. The molecule has 0 spiro atoms. The molecule has 1 aromatic heterocycles. The van der Waals surface area contributed by atoms with E-state index in [9.17, 15) is 4.79 Å². The van der Waals surface area contributed by atoms with Crippen LogP contribution in [0.1, 0.15) is 49.1 Å². The summed E-state index contributed by atoms with van der Waals surface area (Å²) in [5, 5.41) is 5.03. The molecule has 2 aliphatic heterocycles. The van der Waals surface area contributed by atoms with E-state index >= 15 is 0 Å². The van der Waals surface area contributed by atoms with Crippen LogP contribution in [0.15, 0.2) is 30.3 Å². The summed E-state index contributed by atoms with van der Waals surface area (Å²) in [5.41, 5.74) is 5.31. The molecule has 166 valence electrons. The van der Waals surface area contributed by atoms with Crippen LogP contribution in [0, 0.1) is 0 Å². The minimum absolute atomic E-state index is 0.328. The van der Waals surface area contributed by atoms with Crippen LogP contribution in [-0.2, 0) is 24.2 Å². The lowest BCUT2D eigenvalue weighted by atomic mass is 10.2. The van der Waals surface area contributed by atoms with Crippen molar-refractivity contribution in [3.8, 4) is 5.69 Å². The van der Waals surface area contributed by atoms with Gasteiger partial charge in [-0.2, -0.15) is 5.10 Å². The highest BCUT2D eigenvalue weighted by atomic mass is 16.2. The minimum atomic E-state index is 0.328. The summed E-state index contributed by atoms with van der Waals surface area (Å²) < 4.78 is 2.17. The fourth-order valence-corrected chi connectivity index (χ4v) is 5.35. The SMILES string of the molecule is O=C(CN1CCN(Cc2nn(-c3ccccc3)c3c2CCC3)CC1)N1CCCCCC1. The predicted molar refractivity (Wildman–Crippen MR) is 122 cm³/mol. The third-order valence-electron chi connectivity index (χ3n) is 7.17. The number of para-hydroxylation sites is 1. The van der Waals surface area contributed by atoms with Gasteiger partial charge in [-0.1, -0.05) is 31.0 Å². The first-order chi connectivity index (χ1) is 15.3. The van der Waals surface area contributed by atoms with Crippen LogP contribution < -0.4 is 0 Å². The third-order valence-corrected chi connectivity index (χ3v) is 7.17. The third kappa shape index (κ3) is 4.70. The number of carbonyl (C=O) groups is 1. The molecule has 0 radical (unpaired) electrons. The second-order valence-electron chi connectivity index (χ2n) is 9.32. The van der Waals surface area contributed by atoms with E-state index in [0.717, 1.165) is 58.7 Å². The molecule has 0 saturated carbocycles. The van der Waals surface area contributed by atoms with Crippen molar-refractivity contribution in [2.75, 3.05) is 45.8 Å². The van der Waals surface area contributed by atoms with Crippen LogP contribution in [0.2, 0.25) is 0 Å². The fraction of sp³-hybridized carbons (Fsp3) is 0.600. The zero-order chi connectivity index (χ0) is 21.0. The van der Waals surface area contributed by atoms with Gasteiger partial charge < -0.3 is 4.90 Å². The molecular weight excluding hydrogens is 386 g/mol. The maximum absolute atomic E-state index is 12.7. The summed E-state index contributed by atoms with van der Waals surface area (Å²) in [6.07, 6.45) is 8.39. The van der Waals surface area contributed by atoms with Crippen molar-refractivity contribution >= 4 is 5.91 Å². The molecule has 0 N–H and O–H groups in total. The quantitative estimate of drug-likeness (QED) is 0.745. The van der Waals surface area contributed by atoms with Crippen molar-refractivity contribution in [3.63, 3.8) is 0 Å². The van der Waals surface area contributed by atoms with Gasteiger partial charge in [-0.25, -0.2) is 4.68 Å². The van der Waals surface area contributed by atoms with Crippen molar-refractivity contribution in [1.82, 2.24) is 24.5 Å². The van der Waals surface area contributed by atoms with Crippen molar-refractivity contribution < 1.29 is 4.79 Å². The molecule has 2 saturated heterocycles. The lowest BCUT2D eigenvalue weighted by Gasteiger charge is -2.35.